The number of hydrogen-bond acceptors (Lipinski definition) is 4. The number of rotatable bonds is 4. The van der Waals surface area contributed by atoms with Gasteiger partial charge < -0.3 is 19.4 Å². The maximum absolute atomic E-state index is 10.8. The minimum atomic E-state index is -1.12. The van der Waals surface area contributed by atoms with E-state index < -0.39 is 11.6 Å². The third-order valence-corrected chi connectivity index (χ3v) is 3.32. The van der Waals surface area contributed by atoms with E-state index in [0.29, 0.717) is 25.2 Å². The highest BCUT2D eigenvalue weighted by molar-refractivity contribution is 5.84. The molecule has 0 saturated carbocycles. The van der Waals surface area contributed by atoms with Gasteiger partial charge in [-0.3, -0.25) is 0 Å². The van der Waals surface area contributed by atoms with Crippen LogP contribution in [0, 0.1) is 0 Å². The molecule has 0 amide bonds. The molecule has 0 spiro atoms. The van der Waals surface area contributed by atoms with Crippen molar-refractivity contribution in [2.75, 3.05) is 6.61 Å². The molecule has 0 aromatic carbocycles. The van der Waals surface area contributed by atoms with E-state index in [2.05, 4.69) is 6.92 Å². The maximum atomic E-state index is 10.8. The minimum Gasteiger partial charge on any atom is -0.475 e. The summed E-state index contributed by atoms with van der Waals surface area (Å²) in [6.07, 6.45) is 2.76. The van der Waals surface area contributed by atoms with Crippen molar-refractivity contribution in [3.8, 4) is 0 Å². The standard InChI is InChI=1S/C13H18O5/c1-2-3-9-8-13(16,6-7-17-9)11-5-4-10(18-11)12(14)15/h4-5,9,16H,2-3,6-8H2,1H3,(H,14,15). The lowest BCUT2D eigenvalue weighted by Crippen LogP contribution is -2.38. The van der Waals surface area contributed by atoms with Crippen LogP contribution in [-0.2, 0) is 10.3 Å². The molecule has 2 unspecified atom stereocenters. The Bertz CT molecular complexity index is 423. The van der Waals surface area contributed by atoms with Gasteiger partial charge in [-0.05, 0) is 18.6 Å². The summed E-state index contributed by atoms with van der Waals surface area (Å²) in [4.78, 5) is 10.8. The molecule has 1 aliphatic rings. The monoisotopic (exact) mass is 254 g/mol. The van der Waals surface area contributed by atoms with E-state index in [1.807, 2.05) is 0 Å². The Balaban J connectivity index is 2.15. The van der Waals surface area contributed by atoms with Crippen LogP contribution in [0.25, 0.3) is 0 Å². The van der Waals surface area contributed by atoms with Gasteiger partial charge in [-0.2, -0.15) is 0 Å². The molecule has 1 aromatic rings. The summed E-state index contributed by atoms with van der Waals surface area (Å²) in [5, 5.41) is 19.4. The van der Waals surface area contributed by atoms with Gasteiger partial charge >= 0.3 is 5.97 Å². The Morgan fingerprint density at radius 1 is 1.56 bits per heavy atom. The van der Waals surface area contributed by atoms with Crippen LogP contribution in [0.15, 0.2) is 16.5 Å². The van der Waals surface area contributed by atoms with Crippen LogP contribution in [0.4, 0.5) is 0 Å². The quantitative estimate of drug-likeness (QED) is 0.860. The highest BCUT2D eigenvalue weighted by Gasteiger charge is 2.39. The van der Waals surface area contributed by atoms with Gasteiger partial charge in [0.25, 0.3) is 0 Å². The molecule has 0 bridgehead atoms. The second-order valence-corrected chi connectivity index (χ2v) is 4.74. The van der Waals surface area contributed by atoms with E-state index in [4.69, 9.17) is 14.3 Å². The van der Waals surface area contributed by atoms with Crippen molar-refractivity contribution >= 4 is 5.97 Å². The molecule has 1 saturated heterocycles. The molecule has 18 heavy (non-hydrogen) atoms. The van der Waals surface area contributed by atoms with E-state index in [-0.39, 0.29) is 11.9 Å². The molecule has 5 heteroatoms. The minimum absolute atomic E-state index is 0.00660. The fourth-order valence-electron chi connectivity index (χ4n) is 2.37. The third kappa shape index (κ3) is 2.57. The lowest BCUT2D eigenvalue weighted by Gasteiger charge is -2.35. The van der Waals surface area contributed by atoms with Crippen LogP contribution in [0.3, 0.4) is 0 Å². The zero-order chi connectivity index (χ0) is 13.2. The lowest BCUT2D eigenvalue weighted by molar-refractivity contribution is -0.119. The first-order chi connectivity index (χ1) is 8.55. The zero-order valence-corrected chi connectivity index (χ0v) is 10.4. The van der Waals surface area contributed by atoms with Gasteiger partial charge in [0, 0.05) is 12.8 Å². The van der Waals surface area contributed by atoms with E-state index in [1.165, 1.54) is 12.1 Å². The third-order valence-electron chi connectivity index (χ3n) is 3.32. The smallest absolute Gasteiger partial charge is 0.371 e. The molecule has 1 aliphatic heterocycles. The van der Waals surface area contributed by atoms with Crippen molar-refractivity contribution in [3.05, 3.63) is 23.7 Å². The molecule has 1 fully saturated rings. The van der Waals surface area contributed by atoms with Crippen molar-refractivity contribution < 1.29 is 24.2 Å². The molecule has 1 aromatic heterocycles. The van der Waals surface area contributed by atoms with Crippen molar-refractivity contribution in [1.29, 1.82) is 0 Å². The zero-order valence-electron chi connectivity index (χ0n) is 10.4. The van der Waals surface area contributed by atoms with Crippen LogP contribution < -0.4 is 0 Å². The summed E-state index contributed by atoms with van der Waals surface area (Å²) in [6, 6.07) is 2.91. The SMILES string of the molecule is CCCC1CC(O)(c2ccc(C(=O)O)o2)CCO1. The lowest BCUT2D eigenvalue weighted by atomic mass is 9.87. The summed E-state index contributed by atoms with van der Waals surface area (Å²) < 4.78 is 10.8. The molecule has 0 aliphatic carbocycles. The normalized spacial score (nSPS) is 28.2. The number of carbonyl (C=O) groups is 1. The van der Waals surface area contributed by atoms with E-state index >= 15 is 0 Å². The van der Waals surface area contributed by atoms with E-state index in [9.17, 15) is 9.90 Å². The first-order valence-electron chi connectivity index (χ1n) is 6.23. The molecule has 0 radical (unpaired) electrons. The first kappa shape index (κ1) is 13.1. The van der Waals surface area contributed by atoms with Crippen molar-refractivity contribution in [1.82, 2.24) is 0 Å². The fourth-order valence-corrected chi connectivity index (χ4v) is 2.37. The predicted molar refractivity (Wildman–Crippen MR) is 63.4 cm³/mol. The molecular weight excluding hydrogens is 236 g/mol. The van der Waals surface area contributed by atoms with Crippen LogP contribution in [0.1, 0.15) is 48.9 Å². The van der Waals surface area contributed by atoms with Crippen molar-refractivity contribution in [2.45, 2.75) is 44.3 Å². The number of furan rings is 1. The largest absolute Gasteiger partial charge is 0.475 e. The molecule has 100 valence electrons. The second-order valence-electron chi connectivity index (χ2n) is 4.74. The molecular formula is C13H18O5. The molecule has 2 N–H and O–H groups in total. The topological polar surface area (TPSA) is 79.9 Å². The van der Waals surface area contributed by atoms with Gasteiger partial charge in [-0.15, -0.1) is 0 Å². The summed E-state index contributed by atoms with van der Waals surface area (Å²) >= 11 is 0. The summed E-state index contributed by atoms with van der Waals surface area (Å²) in [7, 11) is 0. The molecule has 2 atom stereocenters. The Labute approximate surface area is 105 Å². The fraction of sp³-hybridized carbons (Fsp3) is 0.615. The van der Waals surface area contributed by atoms with Crippen molar-refractivity contribution in [2.24, 2.45) is 0 Å². The summed E-state index contributed by atoms with van der Waals surface area (Å²) in [5.41, 5.74) is -1.11. The number of aromatic carboxylic acids is 1. The number of carboxylic acid groups (broad SMARTS) is 1. The highest BCUT2D eigenvalue weighted by atomic mass is 16.5. The van der Waals surface area contributed by atoms with Crippen LogP contribution in [-0.4, -0.2) is 28.9 Å². The predicted octanol–water partition coefficient (Wildman–Crippen LogP) is 2.14. The maximum Gasteiger partial charge on any atom is 0.371 e. The Hall–Kier alpha value is -1.33. The Morgan fingerprint density at radius 2 is 2.33 bits per heavy atom. The van der Waals surface area contributed by atoms with Crippen LogP contribution in [0.2, 0.25) is 0 Å². The average molecular weight is 254 g/mol. The van der Waals surface area contributed by atoms with Gasteiger partial charge in [0.05, 0.1) is 12.7 Å². The second kappa shape index (κ2) is 5.12. The van der Waals surface area contributed by atoms with Crippen LogP contribution >= 0.6 is 0 Å². The number of hydrogen-bond donors (Lipinski definition) is 2. The van der Waals surface area contributed by atoms with E-state index in [0.717, 1.165) is 12.8 Å². The van der Waals surface area contributed by atoms with E-state index in [1.54, 1.807) is 0 Å². The van der Waals surface area contributed by atoms with Gasteiger partial charge in [0.15, 0.2) is 0 Å². The average Bonchev–Trinajstić information content (AvgIpc) is 2.79. The van der Waals surface area contributed by atoms with Crippen LogP contribution in [0.5, 0.6) is 0 Å². The first-order valence-corrected chi connectivity index (χ1v) is 6.23. The van der Waals surface area contributed by atoms with Gasteiger partial charge in [0.2, 0.25) is 5.76 Å². The summed E-state index contributed by atoms with van der Waals surface area (Å²) in [5.74, 6) is -0.941. The number of ether oxygens (including phenoxy) is 1. The number of aliphatic hydroxyl groups is 1. The van der Waals surface area contributed by atoms with Gasteiger partial charge in [-0.25, -0.2) is 4.79 Å². The molecule has 2 heterocycles. The Morgan fingerprint density at radius 3 is 2.94 bits per heavy atom. The number of carboxylic acids is 1. The molecule has 5 nitrogen and oxygen atoms in total. The highest BCUT2D eigenvalue weighted by Crippen LogP contribution is 2.36. The van der Waals surface area contributed by atoms with Gasteiger partial charge in [0.1, 0.15) is 11.4 Å². The Kier molecular flexibility index (Phi) is 3.73. The molecule has 2 rings (SSSR count). The van der Waals surface area contributed by atoms with Gasteiger partial charge in [-0.1, -0.05) is 13.3 Å². The van der Waals surface area contributed by atoms with Crippen molar-refractivity contribution in [3.63, 3.8) is 0 Å². The summed E-state index contributed by atoms with van der Waals surface area (Å²) in [6.45, 7) is 2.52.